The molecule has 9 nitrogen and oxygen atoms in total. The molecule has 0 aliphatic carbocycles. The molecule has 4 aromatic rings. The van der Waals surface area contributed by atoms with Crippen LogP contribution in [0.1, 0.15) is 64.9 Å². The summed E-state index contributed by atoms with van der Waals surface area (Å²) in [7, 11) is 0. The maximum absolute atomic E-state index is 14.0. The molecule has 4 rings (SSSR count). The fraction of sp³-hybridized carbons (Fsp3) is 0.361. The van der Waals surface area contributed by atoms with Crippen LogP contribution in [-0.2, 0) is 22.4 Å². The van der Waals surface area contributed by atoms with Gasteiger partial charge in [-0.25, -0.2) is 4.39 Å². The number of non-ortho nitro benzene ring substituents is 1. The molecule has 11 heteroatoms. The molecular formula is C36H40FNO8S. The lowest BCUT2D eigenvalue weighted by Crippen LogP contribution is -2.10. The second kappa shape index (κ2) is 17.5. The Morgan fingerprint density at radius 1 is 0.766 bits per heavy atom. The Morgan fingerprint density at radius 3 is 2.02 bits per heavy atom. The van der Waals surface area contributed by atoms with Gasteiger partial charge in [-0.2, -0.15) is 0 Å². The van der Waals surface area contributed by atoms with Gasteiger partial charge < -0.3 is 23.5 Å². The van der Waals surface area contributed by atoms with Crippen molar-refractivity contribution >= 4 is 33.6 Å². The fourth-order valence-corrected chi connectivity index (χ4v) is 6.08. The predicted octanol–water partition coefficient (Wildman–Crippen LogP) is 8.74. The van der Waals surface area contributed by atoms with Crippen LogP contribution in [0, 0.1) is 15.9 Å². The number of aryl methyl sites for hydroxylation is 1. The Balaban J connectivity index is 1.67. The molecule has 0 aliphatic rings. The van der Waals surface area contributed by atoms with Gasteiger partial charge in [-0.15, -0.1) is 0 Å². The Labute approximate surface area is 277 Å². The summed E-state index contributed by atoms with van der Waals surface area (Å²) in [6.07, 6.45) is 5.44. The van der Waals surface area contributed by atoms with Gasteiger partial charge in [0.15, 0.2) is 21.3 Å². The molecule has 0 radical (unpaired) electrons. The smallest absolute Gasteiger partial charge is 0.308 e. The highest BCUT2D eigenvalue weighted by molar-refractivity contribution is 7.91. The number of halogens is 1. The normalized spacial score (nSPS) is 11.7. The van der Waals surface area contributed by atoms with Crippen molar-refractivity contribution < 1.29 is 37.6 Å². The van der Waals surface area contributed by atoms with E-state index in [-0.39, 0.29) is 23.0 Å². The Hall–Kier alpha value is -4.35. The summed E-state index contributed by atoms with van der Waals surface area (Å²) in [6.45, 7) is 6.27. The summed E-state index contributed by atoms with van der Waals surface area (Å²) < 4.78 is 52.0. The number of unbranched alkanes of at least 4 members (excludes halogenated alkanes) is 3. The summed E-state index contributed by atoms with van der Waals surface area (Å²) in [4.78, 5) is 23.7. The van der Waals surface area contributed by atoms with E-state index in [1.54, 1.807) is 24.3 Å². The highest BCUT2D eigenvalue weighted by Crippen LogP contribution is 2.52. The number of hydrogen-bond acceptors (Lipinski definition) is 8. The molecule has 4 aromatic carbocycles. The van der Waals surface area contributed by atoms with Crippen molar-refractivity contribution in [1.29, 1.82) is 0 Å². The summed E-state index contributed by atoms with van der Waals surface area (Å²) in [5.41, 5.74) is 0.611. The van der Waals surface area contributed by atoms with Gasteiger partial charge in [0.05, 0.1) is 24.7 Å². The molecule has 0 heterocycles. The molecule has 0 bridgehead atoms. The number of esters is 1. The summed E-state index contributed by atoms with van der Waals surface area (Å²) in [5.74, 6) is 0.360. The average molecular weight is 666 g/mol. The van der Waals surface area contributed by atoms with Crippen LogP contribution in [0.2, 0.25) is 0 Å². The number of ether oxygens (including phenoxy) is 4. The van der Waals surface area contributed by atoms with Gasteiger partial charge in [0.25, 0.3) is 5.69 Å². The third kappa shape index (κ3) is 9.36. The molecule has 0 saturated heterocycles. The fourth-order valence-electron chi connectivity index (χ4n) is 5.01. The van der Waals surface area contributed by atoms with E-state index < -0.39 is 22.1 Å². The van der Waals surface area contributed by atoms with E-state index >= 15 is 0 Å². The zero-order valence-electron chi connectivity index (χ0n) is 26.9. The largest absolute Gasteiger partial charge is 0.606 e. The molecule has 0 aromatic heterocycles. The van der Waals surface area contributed by atoms with E-state index in [4.69, 9.17) is 18.9 Å². The quantitative estimate of drug-likeness (QED) is 0.0258. The Kier molecular flexibility index (Phi) is 13.2. The molecule has 47 heavy (non-hydrogen) atoms. The van der Waals surface area contributed by atoms with Crippen LogP contribution in [-0.4, -0.2) is 35.3 Å². The lowest BCUT2D eigenvalue weighted by Gasteiger charge is -2.22. The van der Waals surface area contributed by atoms with Crippen molar-refractivity contribution in [1.82, 2.24) is 0 Å². The number of rotatable bonds is 18. The number of nitro benzene ring substituents is 1. The van der Waals surface area contributed by atoms with E-state index in [0.717, 1.165) is 25.7 Å². The SMILES string of the molecule is CCCOc1c(OCCC)c(OC(C)=O)c2cc([S+]([O-])c3ccc([N+](=O)[O-])cc3)ccc2c1OCCCCCCc1ccccc1F. The number of carbonyl (C=O) groups is 1. The summed E-state index contributed by atoms with van der Waals surface area (Å²) in [6, 6.07) is 17.4. The van der Waals surface area contributed by atoms with Crippen LogP contribution >= 0.6 is 0 Å². The third-order valence-corrected chi connectivity index (χ3v) is 8.65. The van der Waals surface area contributed by atoms with Crippen molar-refractivity contribution in [3.63, 3.8) is 0 Å². The van der Waals surface area contributed by atoms with Crippen LogP contribution in [0.3, 0.4) is 0 Å². The van der Waals surface area contributed by atoms with Crippen LogP contribution in [0.15, 0.2) is 76.5 Å². The van der Waals surface area contributed by atoms with Crippen molar-refractivity contribution in [2.45, 2.75) is 75.5 Å². The number of fused-ring (bicyclic) bond motifs is 1. The van der Waals surface area contributed by atoms with E-state index in [9.17, 15) is 23.9 Å². The first-order chi connectivity index (χ1) is 22.7. The molecule has 250 valence electrons. The van der Waals surface area contributed by atoms with Crippen LogP contribution in [0.4, 0.5) is 10.1 Å². The highest BCUT2D eigenvalue weighted by atomic mass is 32.2. The number of hydrogen-bond donors (Lipinski definition) is 0. The minimum absolute atomic E-state index is 0.106. The first-order valence-corrected chi connectivity index (χ1v) is 17.0. The Morgan fingerprint density at radius 2 is 1.38 bits per heavy atom. The molecule has 1 unspecified atom stereocenters. The van der Waals surface area contributed by atoms with Gasteiger partial charge in [-0.3, -0.25) is 14.9 Å². The third-order valence-electron chi connectivity index (χ3n) is 7.27. The first-order valence-electron chi connectivity index (χ1n) is 15.8. The molecule has 1 atom stereocenters. The zero-order chi connectivity index (χ0) is 33.8. The second-order valence-electron chi connectivity index (χ2n) is 10.9. The predicted molar refractivity (Wildman–Crippen MR) is 179 cm³/mol. The van der Waals surface area contributed by atoms with Crippen molar-refractivity contribution in [2.75, 3.05) is 19.8 Å². The topological polar surface area (TPSA) is 120 Å². The van der Waals surface area contributed by atoms with Gasteiger partial charge in [-0.05, 0) is 55.9 Å². The summed E-state index contributed by atoms with van der Waals surface area (Å²) >= 11 is -1.70. The molecule has 0 saturated carbocycles. The molecule has 0 amide bonds. The van der Waals surface area contributed by atoms with E-state index in [2.05, 4.69) is 0 Å². The number of carbonyl (C=O) groups excluding carboxylic acids is 1. The minimum atomic E-state index is -1.70. The monoisotopic (exact) mass is 665 g/mol. The Bertz CT molecular complexity index is 1660. The number of nitro groups is 1. The molecule has 0 N–H and O–H groups in total. The van der Waals surface area contributed by atoms with Crippen molar-refractivity contribution in [3.05, 3.63) is 88.2 Å². The van der Waals surface area contributed by atoms with Gasteiger partial charge in [0, 0.05) is 59.2 Å². The zero-order valence-corrected chi connectivity index (χ0v) is 27.7. The standard InChI is InChI=1S/C36H40FNO8S/c1-4-21-43-35-33(45-23-11-7-6-8-12-26-13-9-10-14-32(26)37)30-20-19-29(47(42)28-17-15-27(16-18-28)38(40)41)24-31(30)34(46-25(3)39)36(35)44-22-5-2/h9-10,13-20,24H,4-8,11-12,21-23H2,1-3H3. The van der Waals surface area contributed by atoms with Gasteiger partial charge >= 0.3 is 5.97 Å². The molecular weight excluding hydrogens is 625 g/mol. The summed E-state index contributed by atoms with van der Waals surface area (Å²) in [5, 5.41) is 12.1. The molecule has 0 fully saturated rings. The van der Waals surface area contributed by atoms with Crippen molar-refractivity contribution in [2.24, 2.45) is 0 Å². The second-order valence-corrected chi connectivity index (χ2v) is 12.4. The lowest BCUT2D eigenvalue weighted by molar-refractivity contribution is -0.384. The van der Waals surface area contributed by atoms with Crippen LogP contribution < -0.4 is 18.9 Å². The minimum Gasteiger partial charge on any atom is -0.606 e. The maximum Gasteiger partial charge on any atom is 0.308 e. The number of nitrogens with zero attached hydrogens (tertiary/aromatic N) is 1. The van der Waals surface area contributed by atoms with Gasteiger partial charge in [-0.1, -0.05) is 44.9 Å². The van der Waals surface area contributed by atoms with E-state index in [1.807, 2.05) is 26.0 Å². The van der Waals surface area contributed by atoms with Crippen LogP contribution in [0.25, 0.3) is 10.8 Å². The van der Waals surface area contributed by atoms with Gasteiger partial charge in [0.2, 0.25) is 11.5 Å². The van der Waals surface area contributed by atoms with E-state index in [1.165, 1.54) is 37.3 Å². The maximum atomic E-state index is 14.0. The highest BCUT2D eigenvalue weighted by Gasteiger charge is 2.28. The lowest BCUT2D eigenvalue weighted by atomic mass is 10.1. The van der Waals surface area contributed by atoms with Crippen molar-refractivity contribution in [3.8, 4) is 23.0 Å². The van der Waals surface area contributed by atoms with E-state index in [0.29, 0.717) is 76.7 Å². The average Bonchev–Trinajstić information content (AvgIpc) is 3.07. The molecule has 0 aliphatic heterocycles. The molecule has 0 spiro atoms. The van der Waals surface area contributed by atoms with Crippen LogP contribution in [0.5, 0.6) is 23.0 Å². The van der Waals surface area contributed by atoms with Gasteiger partial charge in [0.1, 0.15) is 5.82 Å². The first kappa shape index (κ1) is 35.5. The number of benzene rings is 4.